The lowest BCUT2D eigenvalue weighted by Gasteiger charge is -2.28. The summed E-state index contributed by atoms with van der Waals surface area (Å²) in [7, 11) is 0. The zero-order valence-corrected chi connectivity index (χ0v) is 15.5. The van der Waals surface area contributed by atoms with Gasteiger partial charge in [-0.25, -0.2) is 9.97 Å². The summed E-state index contributed by atoms with van der Waals surface area (Å²) in [6.45, 7) is 7.44. The van der Waals surface area contributed by atoms with Crippen LogP contribution in [0, 0.1) is 0 Å². The molecular formula is C19H26N6O. The SMILES string of the molecule is CC(C)c1cc(C(=O)N2CCc3nc(C4CCCNC4)ncc3C2)n[nH]1. The minimum Gasteiger partial charge on any atom is -0.332 e. The van der Waals surface area contributed by atoms with Crippen molar-refractivity contribution in [1.82, 2.24) is 30.4 Å². The molecule has 0 bridgehead atoms. The van der Waals surface area contributed by atoms with Crippen LogP contribution >= 0.6 is 0 Å². The zero-order chi connectivity index (χ0) is 18.1. The molecule has 1 amide bonds. The molecule has 2 aliphatic heterocycles. The monoisotopic (exact) mass is 354 g/mol. The van der Waals surface area contributed by atoms with Gasteiger partial charge in [-0.05, 0) is 31.4 Å². The van der Waals surface area contributed by atoms with Gasteiger partial charge in [0, 0.05) is 49.4 Å². The summed E-state index contributed by atoms with van der Waals surface area (Å²) in [5, 5.41) is 10.6. The number of amides is 1. The largest absolute Gasteiger partial charge is 0.332 e. The second-order valence-electron chi connectivity index (χ2n) is 7.58. The van der Waals surface area contributed by atoms with E-state index in [1.807, 2.05) is 17.2 Å². The van der Waals surface area contributed by atoms with Gasteiger partial charge in [0.25, 0.3) is 5.91 Å². The van der Waals surface area contributed by atoms with Gasteiger partial charge in [0.05, 0.1) is 5.69 Å². The van der Waals surface area contributed by atoms with E-state index in [4.69, 9.17) is 4.98 Å². The van der Waals surface area contributed by atoms with Crippen LogP contribution in [0.3, 0.4) is 0 Å². The minimum absolute atomic E-state index is 0.0284. The molecule has 2 aromatic rings. The number of carbonyl (C=O) groups excluding carboxylic acids is 1. The summed E-state index contributed by atoms with van der Waals surface area (Å²) in [4.78, 5) is 24.0. The fourth-order valence-electron chi connectivity index (χ4n) is 3.68. The van der Waals surface area contributed by atoms with Gasteiger partial charge < -0.3 is 10.2 Å². The normalized spacial score (nSPS) is 20.3. The van der Waals surface area contributed by atoms with E-state index in [1.54, 1.807) is 0 Å². The molecule has 0 aliphatic carbocycles. The molecular weight excluding hydrogens is 328 g/mol. The van der Waals surface area contributed by atoms with Crippen LogP contribution in [0.1, 0.15) is 71.8 Å². The van der Waals surface area contributed by atoms with Crippen molar-refractivity contribution in [2.75, 3.05) is 19.6 Å². The van der Waals surface area contributed by atoms with Crippen LogP contribution in [0.15, 0.2) is 12.3 Å². The van der Waals surface area contributed by atoms with Crippen LogP contribution in [0.2, 0.25) is 0 Å². The minimum atomic E-state index is -0.0284. The Labute approximate surface area is 153 Å². The average Bonchev–Trinajstić information content (AvgIpc) is 3.18. The van der Waals surface area contributed by atoms with Crippen molar-refractivity contribution >= 4 is 5.91 Å². The third kappa shape index (κ3) is 3.35. The molecule has 0 aromatic carbocycles. The van der Waals surface area contributed by atoms with Crippen molar-refractivity contribution in [3.63, 3.8) is 0 Å². The molecule has 2 N–H and O–H groups in total. The maximum Gasteiger partial charge on any atom is 0.274 e. The van der Waals surface area contributed by atoms with Crippen molar-refractivity contribution < 1.29 is 4.79 Å². The van der Waals surface area contributed by atoms with Crippen LogP contribution in [0.4, 0.5) is 0 Å². The van der Waals surface area contributed by atoms with Gasteiger partial charge in [0.15, 0.2) is 0 Å². The van der Waals surface area contributed by atoms with Crippen molar-refractivity contribution in [1.29, 1.82) is 0 Å². The van der Waals surface area contributed by atoms with Crippen molar-refractivity contribution in [2.45, 2.75) is 51.5 Å². The van der Waals surface area contributed by atoms with Gasteiger partial charge in [-0.1, -0.05) is 13.8 Å². The topological polar surface area (TPSA) is 86.8 Å². The van der Waals surface area contributed by atoms with E-state index in [-0.39, 0.29) is 5.91 Å². The van der Waals surface area contributed by atoms with Gasteiger partial charge >= 0.3 is 0 Å². The molecule has 0 spiro atoms. The van der Waals surface area contributed by atoms with Crippen LogP contribution in [0.5, 0.6) is 0 Å². The molecule has 1 saturated heterocycles. The van der Waals surface area contributed by atoms with E-state index in [9.17, 15) is 4.79 Å². The molecule has 2 aliphatic rings. The van der Waals surface area contributed by atoms with E-state index < -0.39 is 0 Å². The Morgan fingerprint density at radius 1 is 1.38 bits per heavy atom. The molecule has 2 aromatic heterocycles. The first kappa shape index (κ1) is 17.1. The quantitative estimate of drug-likeness (QED) is 0.880. The number of aromatic amines is 1. The first-order valence-electron chi connectivity index (χ1n) is 9.52. The summed E-state index contributed by atoms with van der Waals surface area (Å²) < 4.78 is 0. The number of hydrogen-bond acceptors (Lipinski definition) is 5. The number of rotatable bonds is 3. The number of aromatic nitrogens is 4. The molecule has 7 nitrogen and oxygen atoms in total. The Balaban J connectivity index is 1.48. The predicted octanol–water partition coefficient (Wildman–Crippen LogP) is 1.99. The number of H-pyrrole nitrogens is 1. The maximum absolute atomic E-state index is 12.8. The number of nitrogens with zero attached hydrogens (tertiary/aromatic N) is 4. The third-order valence-corrected chi connectivity index (χ3v) is 5.34. The lowest BCUT2D eigenvalue weighted by Crippen LogP contribution is -2.37. The lowest BCUT2D eigenvalue weighted by molar-refractivity contribution is 0.0727. The van der Waals surface area contributed by atoms with E-state index in [0.29, 0.717) is 30.6 Å². The van der Waals surface area contributed by atoms with Gasteiger partial charge in [-0.15, -0.1) is 0 Å². The van der Waals surface area contributed by atoms with Crippen LogP contribution in [-0.2, 0) is 13.0 Å². The molecule has 7 heteroatoms. The highest BCUT2D eigenvalue weighted by Crippen LogP contribution is 2.24. The Hall–Kier alpha value is -2.28. The number of carbonyl (C=O) groups is 1. The standard InChI is InChI=1S/C19H26N6O/c1-12(2)16-8-17(24-23-16)19(26)25-7-5-15-14(11-25)10-21-18(22-15)13-4-3-6-20-9-13/h8,10,12-13,20H,3-7,9,11H2,1-2H3,(H,23,24). The number of piperidine rings is 1. The molecule has 4 heterocycles. The van der Waals surface area contributed by atoms with Crippen LogP contribution < -0.4 is 5.32 Å². The van der Waals surface area contributed by atoms with Crippen molar-refractivity contribution in [2.24, 2.45) is 0 Å². The molecule has 1 atom stereocenters. The van der Waals surface area contributed by atoms with Crippen molar-refractivity contribution in [3.8, 4) is 0 Å². The van der Waals surface area contributed by atoms with E-state index in [2.05, 4.69) is 34.3 Å². The number of fused-ring (bicyclic) bond motifs is 1. The fraction of sp³-hybridized carbons (Fsp3) is 0.579. The molecule has 138 valence electrons. The summed E-state index contributed by atoms with van der Waals surface area (Å²) in [6.07, 6.45) is 5.01. The van der Waals surface area contributed by atoms with Crippen LogP contribution in [0.25, 0.3) is 0 Å². The number of nitrogens with one attached hydrogen (secondary N) is 2. The van der Waals surface area contributed by atoms with Crippen molar-refractivity contribution in [3.05, 3.63) is 40.7 Å². The highest BCUT2D eigenvalue weighted by Gasteiger charge is 2.26. The molecule has 26 heavy (non-hydrogen) atoms. The van der Waals surface area contributed by atoms with Gasteiger partial charge in [0.2, 0.25) is 0 Å². The van der Waals surface area contributed by atoms with E-state index in [1.165, 1.54) is 6.42 Å². The first-order chi connectivity index (χ1) is 12.6. The molecule has 1 unspecified atom stereocenters. The Morgan fingerprint density at radius 2 is 2.27 bits per heavy atom. The molecule has 0 saturated carbocycles. The van der Waals surface area contributed by atoms with Gasteiger partial charge in [-0.3, -0.25) is 9.89 Å². The first-order valence-corrected chi connectivity index (χ1v) is 9.52. The molecule has 0 radical (unpaired) electrons. The van der Waals surface area contributed by atoms with E-state index in [0.717, 1.165) is 48.7 Å². The molecule has 4 rings (SSSR count). The zero-order valence-electron chi connectivity index (χ0n) is 15.5. The third-order valence-electron chi connectivity index (χ3n) is 5.34. The lowest BCUT2D eigenvalue weighted by atomic mass is 9.98. The highest BCUT2D eigenvalue weighted by atomic mass is 16.2. The smallest absolute Gasteiger partial charge is 0.274 e. The Morgan fingerprint density at radius 3 is 3.00 bits per heavy atom. The second-order valence-corrected chi connectivity index (χ2v) is 7.58. The number of hydrogen-bond donors (Lipinski definition) is 2. The Bertz CT molecular complexity index is 793. The molecule has 1 fully saturated rings. The summed E-state index contributed by atoms with van der Waals surface area (Å²) in [5.41, 5.74) is 3.62. The average molecular weight is 354 g/mol. The summed E-state index contributed by atoms with van der Waals surface area (Å²) in [6, 6.07) is 1.86. The Kier molecular flexibility index (Phi) is 4.72. The van der Waals surface area contributed by atoms with Crippen LogP contribution in [-0.4, -0.2) is 50.6 Å². The fourth-order valence-corrected chi connectivity index (χ4v) is 3.68. The summed E-state index contributed by atoms with van der Waals surface area (Å²) >= 11 is 0. The maximum atomic E-state index is 12.8. The second kappa shape index (κ2) is 7.15. The van der Waals surface area contributed by atoms with Gasteiger partial charge in [0.1, 0.15) is 11.5 Å². The van der Waals surface area contributed by atoms with E-state index >= 15 is 0 Å². The highest BCUT2D eigenvalue weighted by molar-refractivity contribution is 5.92. The predicted molar refractivity (Wildman–Crippen MR) is 98.0 cm³/mol. The summed E-state index contributed by atoms with van der Waals surface area (Å²) in [5.74, 6) is 1.66. The van der Waals surface area contributed by atoms with Gasteiger partial charge in [-0.2, -0.15) is 5.10 Å².